The van der Waals surface area contributed by atoms with Crippen molar-refractivity contribution in [1.82, 2.24) is 15.4 Å². The molecule has 17 heavy (non-hydrogen) atoms. The van der Waals surface area contributed by atoms with Crippen LogP contribution in [0.3, 0.4) is 0 Å². The molecule has 86 valence electrons. The zero-order valence-corrected chi connectivity index (χ0v) is 9.09. The van der Waals surface area contributed by atoms with Crippen LogP contribution < -0.4 is 0 Å². The number of allylic oxidation sites excluding steroid dienone is 1. The molecule has 0 bridgehead atoms. The van der Waals surface area contributed by atoms with Gasteiger partial charge in [0.25, 0.3) is 0 Å². The van der Waals surface area contributed by atoms with E-state index in [1.54, 1.807) is 6.20 Å². The summed E-state index contributed by atoms with van der Waals surface area (Å²) in [6, 6.07) is 10.1. The van der Waals surface area contributed by atoms with Crippen LogP contribution in [0, 0.1) is 0 Å². The highest BCUT2D eigenvalue weighted by molar-refractivity contribution is 5.59. The van der Waals surface area contributed by atoms with Crippen molar-refractivity contribution in [1.29, 1.82) is 0 Å². The molecule has 0 unspecified atom stereocenters. The summed E-state index contributed by atoms with van der Waals surface area (Å²) in [5, 5.41) is 10.3. The molecule has 0 fully saturated rings. The van der Waals surface area contributed by atoms with Crippen molar-refractivity contribution in [3.05, 3.63) is 53.5 Å². The van der Waals surface area contributed by atoms with Gasteiger partial charge in [0.05, 0.1) is 6.20 Å². The molecule has 0 saturated heterocycles. The van der Waals surface area contributed by atoms with Crippen molar-refractivity contribution in [3.63, 3.8) is 0 Å². The van der Waals surface area contributed by atoms with Crippen LogP contribution in [0.4, 0.5) is 0 Å². The standard InChI is InChI=1S/C12H11N3O2/c1-2-4-9(5-3-1)6-11-12(17-8-16-11)10-7-13-15-14-10/h1-5,7H,6,8H2,(H,13,14,15). The predicted octanol–water partition coefficient (Wildman–Crippen LogP) is 1.72. The maximum Gasteiger partial charge on any atom is 0.230 e. The molecular formula is C12H11N3O2. The zero-order chi connectivity index (χ0) is 11.5. The number of H-pyrrole nitrogens is 1. The van der Waals surface area contributed by atoms with E-state index in [9.17, 15) is 0 Å². The summed E-state index contributed by atoms with van der Waals surface area (Å²) in [4.78, 5) is 0. The van der Waals surface area contributed by atoms with E-state index in [0.29, 0.717) is 17.9 Å². The van der Waals surface area contributed by atoms with Crippen molar-refractivity contribution in [3.8, 4) is 0 Å². The van der Waals surface area contributed by atoms with Crippen LogP contribution >= 0.6 is 0 Å². The van der Waals surface area contributed by atoms with Crippen LogP contribution in [-0.2, 0) is 15.9 Å². The molecule has 1 aliphatic heterocycles. The van der Waals surface area contributed by atoms with Crippen LogP contribution in [0.2, 0.25) is 0 Å². The molecule has 0 atom stereocenters. The number of rotatable bonds is 3. The number of aromatic amines is 1. The van der Waals surface area contributed by atoms with Gasteiger partial charge in [0.1, 0.15) is 5.76 Å². The van der Waals surface area contributed by atoms with Crippen molar-refractivity contribution in [2.75, 3.05) is 6.79 Å². The second-order valence-corrected chi connectivity index (χ2v) is 3.68. The molecule has 5 heteroatoms. The third kappa shape index (κ3) is 1.99. The minimum Gasteiger partial charge on any atom is -0.458 e. The number of hydrogen-bond acceptors (Lipinski definition) is 4. The highest BCUT2D eigenvalue weighted by atomic mass is 16.7. The SMILES string of the molecule is c1ccc(CC2=C(c3cn[nH]n3)OCO2)cc1. The van der Waals surface area contributed by atoms with Crippen molar-refractivity contribution < 1.29 is 9.47 Å². The Balaban J connectivity index is 1.89. The van der Waals surface area contributed by atoms with E-state index >= 15 is 0 Å². The maximum absolute atomic E-state index is 5.47. The first-order valence-electron chi connectivity index (χ1n) is 5.32. The van der Waals surface area contributed by atoms with Crippen LogP contribution in [0.5, 0.6) is 0 Å². The lowest BCUT2D eigenvalue weighted by molar-refractivity contribution is 0.0855. The summed E-state index contributed by atoms with van der Waals surface area (Å²) in [5.74, 6) is 1.47. The quantitative estimate of drug-likeness (QED) is 0.870. The fourth-order valence-electron chi connectivity index (χ4n) is 1.75. The van der Waals surface area contributed by atoms with Crippen LogP contribution in [0.15, 0.2) is 42.3 Å². The average molecular weight is 229 g/mol. The summed E-state index contributed by atoms with van der Waals surface area (Å²) in [5.41, 5.74) is 1.85. The van der Waals surface area contributed by atoms with E-state index in [2.05, 4.69) is 27.5 Å². The van der Waals surface area contributed by atoms with Crippen molar-refractivity contribution in [2.24, 2.45) is 0 Å². The third-order valence-electron chi connectivity index (χ3n) is 2.54. The first-order valence-corrected chi connectivity index (χ1v) is 5.32. The van der Waals surface area contributed by atoms with Gasteiger partial charge >= 0.3 is 0 Å². The van der Waals surface area contributed by atoms with Gasteiger partial charge in [0, 0.05) is 6.42 Å². The Hall–Kier alpha value is -2.30. The molecule has 1 aliphatic rings. The molecule has 0 amide bonds. The molecule has 1 N–H and O–H groups in total. The van der Waals surface area contributed by atoms with E-state index in [4.69, 9.17) is 9.47 Å². The highest BCUT2D eigenvalue weighted by Gasteiger charge is 2.21. The minimum absolute atomic E-state index is 0.240. The molecule has 1 aromatic carbocycles. The summed E-state index contributed by atoms with van der Waals surface area (Å²) in [7, 11) is 0. The smallest absolute Gasteiger partial charge is 0.230 e. The molecule has 0 saturated carbocycles. The zero-order valence-electron chi connectivity index (χ0n) is 9.09. The number of nitrogens with one attached hydrogen (secondary N) is 1. The number of ether oxygens (including phenoxy) is 2. The predicted molar refractivity (Wildman–Crippen MR) is 60.5 cm³/mol. The van der Waals surface area contributed by atoms with E-state index < -0.39 is 0 Å². The van der Waals surface area contributed by atoms with E-state index in [-0.39, 0.29) is 6.79 Å². The molecule has 5 nitrogen and oxygen atoms in total. The Labute approximate surface area is 98.1 Å². The highest BCUT2D eigenvalue weighted by Crippen LogP contribution is 2.26. The summed E-state index contributed by atoms with van der Waals surface area (Å²) in [6.45, 7) is 0.240. The molecule has 0 radical (unpaired) electrons. The Morgan fingerprint density at radius 3 is 2.82 bits per heavy atom. The van der Waals surface area contributed by atoms with Gasteiger partial charge in [-0.2, -0.15) is 15.4 Å². The lowest BCUT2D eigenvalue weighted by Crippen LogP contribution is -1.93. The second kappa shape index (κ2) is 4.29. The van der Waals surface area contributed by atoms with Crippen LogP contribution in [0.1, 0.15) is 11.3 Å². The van der Waals surface area contributed by atoms with Gasteiger partial charge in [0.15, 0.2) is 11.5 Å². The molecule has 2 heterocycles. The maximum atomic E-state index is 5.47. The molecular weight excluding hydrogens is 218 g/mol. The van der Waals surface area contributed by atoms with Gasteiger partial charge in [-0.1, -0.05) is 30.3 Å². The van der Waals surface area contributed by atoms with Gasteiger partial charge in [-0.05, 0) is 5.56 Å². The Bertz CT molecular complexity index is 520. The fraction of sp³-hybridized carbons (Fsp3) is 0.167. The molecule has 3 rings (SSSR count). The molecule has 0 aliphatic carbocycles. The van der Waals surface area contributed by atoms with Gasteiger partial charge in [-0.3, -0.25) is 0 Å². The van der Waals surface area contributed by atoms with Crippen molar-refractivity contribution in [2.45, 2.75) is 6.42 Å². The molecule has 0 spiro atoms. The lowest BCUT2D eigenvalue weighted by atomic mass is 10.1. The van der Waals surface area contributed by atoms with E-state index in [1.165, 1.54) is 5.56 Å². The topological polar surface area (TPSA) is 60.0 Å². The Kier molecular flexibility index (Phi) is 2.50. The van der Waals surface area contributed by atoms with E-state index in [0.717, 1.165) is 5.76 Å². The van der Waals surface area contributed by atoms with Gasteiger partial charge in [-0.15, -0.1) is 0 Å². The molecule has 1 aromatic heterocycles. The number of aromatic nitrogens is 3. The number of nitrogens with zero attached hydrogens (tertiary/aromatic N) is 2. The van der Waals surface area contributed by atoms with Gasteiger partial charge in [-0.25, -0.2) is 0 Å². The number of hydrogen-bond donors (Lipinski definition) is 1. The summed E-state index contributed by atoms with van der Waals surface area (Å²) in [6.07, 6.45) is 2.32. The third-order valence-corrected chi connectivity index (χ3v) is 2.54. The first-order chi connectivity index (χ1) is 8.43. The van der Waals surface area contributed by atoms with Crippen LogP contribution in [0.25, 0.3) is 5.76 Å². The summed E-state index contributed by atoms with van der Waals surface area (Å²) >= 11 is 0. The van der Waals surface area contributed by atoms with Crippen molar-refractivity contribution >= 4 is 5.76 Å². The number of benzene rings is 1. The Morgan fingerprint density at radius 1 is 1.18 bits per heavy atom. The summed E-state index contributed by atoms with van der Waals surface area (Å²) < 4.78 is 10.9. The Morgan fingerprint density at radius 2 is 2.06 bits per heavy atom. The van der Waals surface area contributed by atoms with Gasteiger partial charge < -0.3 is 9.47 Å². The first kappa shape index (κ1) is 9.89. The largest absolute Gasteiger partial charge is 0.458 e. The lowest BCUT2D eigenvalue weighted by Gasteiger charge is -2.02. The average Bonchev–Trinajstić information content (AvgIpc) is 3.00. The minimum atomic E-state index is 0.240. The van der Waals surface area contributed by atoms with E-state index in [1.807, 2.05) is 18.2 Å². The monoisotopic (exact) mass is 229 g/mol. The fourth-order valence-corrected chi connectivity index (χ4v) is 1.75. The second-order valence-electron chi connectivity index (χ2n) is 3.68. The normalized spacial score (nSPS) is 14.6. The van der Waals surface area contributed by atoms with Gasteiger partial charge in [0.2, 0.25) is 6.79 Å². The molecule has 2 aromatic rings. The van der Waals surface area contributed by atoms with Crippen LogP contribution in [-0.4, -0.2) is 22.2 Å².